The maximum Gasteiger partial charge on any atom is 0.410 e. The molecule has 3 aliphatic rings. The Morgan fingerprint density at radius 1 is 1.30 bits per heavy atom. The number of fused-ring (bicyclic) bond motifs is 1. The average Bonchev–Trinajstić information content (AvgIpc) is 3.71. The number of benzene rings is 1. The van der Waals surface area contributed by atoms with Crippen LogP contribution in [0.2, 0.25) is 0 Å². The van der Waals surface area contributed by atoms with Gasteiger partial charge in [0.1, 0.15) is 23.6 Å². The third kappa shape index (κ3) is 4.48. The number of ether oxygens (including phenoxy) is 2. The first-order chi connectivity index (χ1) is 15.8. The number of hydrogen-bond acceptors (Lipinski definition) is 6. The molecule has 1 aromatic carbocycles. The molecule has 3 fully saturated rings. The van der Waals surface area contributed by atoms with E-state index in [9.17, 15) is 9.18 Å². The fraction of sp³-hybridized carbons (Fsp3) is 0.560. The van der Waals surface area contributed by atoms with Gasteiger partial charge in [0.15, 0.2) is 0 Å². The largest absolute Gasteiger partial charge is 0.477 e. The number of nitrogens with one attached hydrogen (secondary N) is 1. The van der Waals surface area contributed by atoms with Gasteiger partial charge in [-0.05, 0) is 69.6 Å². The highest BCUT2D eigenvalue weighted by Crippen LogP contribution is 2.58. The molecular formula is C25H31FN4O3. The fourth-order valence-corrected chi connectivity index (χ4v) is 4.60. The zero-order valence-electron chi connectivity index (χ0n) is 19.5. The van der Waals surface area contributed by atoms with Crippen LogP contribution >= 0.6 is 0 Å². The highest BCUT2D eigenvalue weighted by Gasteiger charge is 2.58. The number of hydrogen-bond donors (Lipinski definition) is 1. The summed E-state index contributed by atoms with van der Waals surface area (Å²) in [6.45, 7) is 7.82. The molecule has 33 heavy (non-hydrogen) atoms. The van der Waals surface area contributed by atoms with E-state index in [0.29, 0.717) is 36.5 Å². The molecule has 7 nitrogen and oxygen atoms in total. The lowest BCUT2D eigenvalue weighted by molar-refractivity contribution is 0.0439. The summed E-state index contributed by atoms with van der Waals surface area (Å²) in [5.41, 5.74) is 1.91. The Kier molecular flexibility index (Phi) is 5.41. The van der Waals surface area contributed by atoms with E-state index in [1.165, 1.54) is 12.4 Å². The molecule has 0 bridgehead atoms. The van der Waals surface area contributed by atoms with Gasteiger partial charge in [0.05, 0.1) is 17.9 Å². The molecule has 2 aromatic rings. The maximum atomic E-state index is 14.4. The van der Waals surface area contributed by atoms with Crippen molar-refractivity contribution in [3.63, 3.8) is 0 Å². The number of nitrogens with zero attached hydrogens (tertiary/aromatic N) is 3. The molecule has 2 unspecified atom stereocenters. The molecule has 2 saturated carbocycles. The van der Waals surface area contributed by atoms with E-state index in [1.54, 1.807) is 6.07 Å². The molecule has 2 heterocycles. The fourth-order valence-electron chi connectivity index (χ4n) is 4.60. The number of aryl methyl sites for hydroxylation is 1. The van der Waals surface area contributed by atoms with Gasteiger partial charge in [-0.2, -0.15) is 0 Å². The van der Waals surface area contributed by atoms with Crippen molar-refractivity contribution < 1.29 is 18.7 Å². The number of likely N-dealkylation sites (tertiary alicyclic amines) is 1. The molecule has 2 atom stereocenters. The van der Waals surface area contributed by atoms with Crippen molar-refractivity contribution in [3.8, 4) is 5.88 Å². The van der Waals surface area contributed by atoms with Crippen molar-refractivity contribution in [1.82, 2.24) is 14.9 Å². The summed E-state index contributed by atoms with van der Waals surface area (Å²) in [6.07, 6.45) is 5.88. The maximum absolute atomic E-state index is 14.4. The Morgan fingerprint density at radius 2 is 2.12 bits per heavy atom. The third-order valence-corrected chi connectivity index (χ3v) is 7.45. The lowest BCUT2D eigenvalue weighted by atomic mass is 9.96. The Morgan fingerprint density at radius 3 is 2.82 bits per heavy atom. The first kappa shape index (κ1) is 21.9. The van der Waals surface area contributed by atoms with E-state index in [0.717, 1.165) is 49.8 Å². The van der Waals surface area contributed by atoms with Crippen molar-refractivity contribution >= 4 is 17.6 Å². The molecule has 1 N–H and O–H groups in total. The van der Waals surface area contributed by atoms with Gasteiger partial charge in [-0.1, -0.05) is 13.0 Å². The number of aromatic nitrogens is 2. The first-order valence-corrected chi connectivity index (χ1v) is 11.8. The Balaban J connectivity index is 1.19. The van der Waals surface area contributed by atoms with Crippen LogP contribution in [0, 0.1) is 24.1 Å². The molecule has 1 amide bonds. The second-order valence-corrected chi connectivity index (χ2v) is 10.0. The Labute approximate surface area is 193 Å². The van der Waals surface area contributed by atoms with E-state index in [-0.39, 0.29) is 22.9 Å². The summed E-state index contributed by atoms with van der Waals surface area (Å²) in [5.74, 6) is 1.15. The van der Waals surface area contributed by atoms with Gasteiger partial charge >= 0.3 is 6.09 Å². The monoisotopic (exact) mass is 454 g/mol. The molecule has 176 valence electrons. The lowest BCUT2D eigenvalue weighted by Gasteiger charge is -2.31. The smallest absolute Gasteiger partial charge is 0.410 e. The normalized spacial score (nSPS) is 24.6. The summed E-state index contributed by atoms with van der Waals surface area (Å²) in [4.78, 5) is 22.8. The third-order valence-electron chi connectivity index (χ3n) is 7.45. The minimum absolute atomic E-state index is 0.0906. The minimum atomic E-state index is -0.310. The van der Waals surface area contributed by atoms with Crippen molar-refractivity contribution in [1.29, 1.82) is 0 Å². The number of piperidine rings is 1. The van der Waals surface area contributed by atoms with Crippen molar-refractivity contribution in [3.05, 3.63) is 41.5 Å². The van der Waals surface area contributed by atoms with Crippen LogP contribution in [-0.4, -0.2) is 46.3 Å². The molecule has 1 aliphatic heterocycles. The van der Waals surface area contributed by atoms with E-state index in [4.69, 9.17) is 9.47 Å². The SMILES string of the molecule is CCc1ccc(Nc2ncnc(OCC34CCN(C(=O)OC5(C)CC5)CC3C4)c2C)c(F)c1. The summed E-state index contributed by atoms with van der Waals surface area (Å²) < 4.78 is 26.2. The molecule has 5 rings (SSSR count). The highest BCUT2D eigenvalue weighted by atomic mass is 19.1. The number of anilines is 2. The second kappa shape index (κ2) is 8.15. The van der Waals surface area contributed by atoms with E-state index >= 15 is 0 Å². The van der Waals surface area contributed by atoms with Gasteiger partial charge in [0.25, 0.3) is 0 Å². The number of halogens is 1. The van der Waals surface area contributed by atoms with Gasteiger partial charge < -0.3 is 19.7 Å². The molecular weight excluding hydrogens is 423 g/mol. The van der Waals surface area contributed by atoms with Gasteiger partial charge in [0, 0.05) is 18.5 Å². The van der Waals surface area contributed by atoms with Crippen LogP contribution in [0.3, 0.4) is 0 Å². The van der Waals surface area contributed by atoms with Gasteiger partial charge in [-0.15, -0.1) is 0 Å². The number of rotatable bonds is 7. The van der Waals surface area contributed by atoms with E-state index in [2.05, 4.69) is 15.3 Å². The van der Waals surface area contributed by atoms with Crippen LogP contribution in [0.15, 0.2) is 24.5 Å². The number of amides is 1. The van der Waals surface area contributed by atoms with Crippen LogP contribution in [0.4, 0.5) is 20.7 Å². The predicted molar refractivity (Wildman–Crippen MR) is 122 cm³/mol. The van der Waals surface area contributed by atoms with Crippen LogP contribution in [0.25, 0.3) is 0 Å². The van der Waals surface area contributed by atoms with Crippen molar-refractivity contribution in [2.45, 2.75) is 58.5 Å². The molecule has 0 spiro atoms. The quantitative estimate of drug-likeness (QED) is 0.634. The second-order valence-electron chi connectivity index (χ2n) is 10.0. The van der Waals surface area contributed by atoms with Crippen LogP contribution in [0.5, 0.6) is 5.88 Å². The summed E-state index contributed by atoms with van der Waals surface area (Å²) in [6, 6.07) is 5.17. The van der Waals surface area contributed by atoms with Gasteiger partial charge in [-0.3, -0.25) is 0 Å². The van der Waals surface area contributed by atoms with Crippen molar-refractivity contribution in [2.75, 3.05) is 25.0 Å². The zero-order chi connectivity index (χ0) is 23.2. The Hall–Kier alpha value is -2.90. The average molecular weight is 455 g/mol. The van der Waals surface area contributed by atoms with Crippen molar-refractivity contribution in [2.24, 2.45) is 11.3 Å². The molecule has 1 saturated heterocycles. The summed E-state index contributed by atoms with van der Waals surface area (Å²) >= 11 is 0. The topological polar surface area (TPSA) is 76.6 Å². The summed E-state index contributed by atoms with van der Waals surface area (Å²) in [5, 5.41) is 3.07. The molecule has 0 radical (unpaired) electrons. The van der Waals surface area contributed by atoms with Gasteiger partial charge in [-0.25, -0.2) is 19.2 Å². The Bertz CT molecular complexity index is 1070. The molecule has 1 aromatic heterocycles. The standard InChI is InChI=1S/C25H31FN4O3/c1-4-17-5-6-20(19(26)11-17)29-21-16(2)22(28-15-27-21)32-14-25-9-10-30(13-18(25)12-25)23(31)33-24(3)7-8-24/h5-6,11,15,18H,4,7-10,12-14H2,1-3H3,(H,27,28,29). The zero-order valence-corrected chi connectivity index (χ0v) is 19.5. The lowest BCUT2D eigenvalue weighted by Crippen LogP contribution is -2.42. The number of carbonyl (C=O) groups is 1. The predicted octanol–water partition coefficient (Wildman–Crippen LogP) is 5.01. The molecule has 2 aliphatic carbocycles. The first-order valence-electron chi connectivity index (χ1n) is 11.8. The van der Waals surface area contributed by atoms with E-state index < -0.39 is 0 Å². The van der Waals surface area contributed by atoms with Gasteiger partial charge in [0.2, 0.25) is 5.88 Å². The minimum Gasteiger partial charge on any atom is -0.477 e. The highest BCUT2D eigenvalue weighted by molar-refractivity contribution is 5.69. The number of carbonyl (C=O) groups excluding carboxylic acids is 1. The van der Waals surface area contributed by atoms with Crippen LogP contribution in [0.1, 0.15) is 50.7 Å². The molecule has 8 heteroatoms. The van der Waals surface area contributed by atoms with E-state index in [1.807, 2.05) is 31.7 Å². The summed E-state index contributed by atoms with van der Waals surface area (Å²) in [7, 11) is 0. The van der Waals surface area contributed by atoms with Crippen LogP contribution in [-0.2, 0) is 11.2 Å². The van der Waals surface area contributed by atoms with Crippen LogP contribution < -0.4 is 10.1 Å².